The second kappa shape index (κ2) is 13.2. The van der Waals surface area contributed by atoms with Crippen LogP contribution in [0.1, 0.15) is 22.5 Å². The van der Waals surface area contributed by atoms with Crippen molar-refractivity contribution in [1.29, 1.82) is 0 Å². The van der Waals surface area contributed by atoms with Crippen molar-refractivity contribution in [3.05, 3.63) is 116 Å². The van der Waals surface area contributed by atoms with E-state index in [1.165, 1.54) is 16.7 Å². The van der Waals surface area contributed by atoms with Gasteiger partial charge in [-0.3, -0.25) is 0 Å². The molecule has 4 rings (SSSR count). The molecule has 0 fully saturated rings. The molecule has 0 saturated heterocycles. The zero-order valence-corrected chi connectivity index (χ0v) is 24.7. The monoisotopic (exact) mass is 881 g/mol. The van der Waals surface area contributed by atoms with E-state index in [0.717, 1.165) is 33.6 Å². The Bertz CT molecular complexity index is 1110. The molecule has 0 saturated carbocycles. The Morgan fingerprint density at radius 1 is 0.839 bits per heavy atom. The average molecular weight is 882 g/mol. The van der Waals surface area contributed by atoms with Crippen molar-refractivity contribution >= 4 is 61.7 Å². The Hall–Kier alpha value is -0.612. The molecule has 4 nitrogen and oxygen atoms in total. The molecule has 31 heavy (non-hydrogen) atoms. The summed E-state index contributed by atoms with van der Waals surface area (Å²) >= 11 is 10.2. The predicted octanol–water partition coefficient (Wildman–Crippen LogP) is 6.88. The number of H-pyrrole nitrogens is 1. The molecule has 1 N–H and O–H groups in total. The summed E-state index contributed by atoms with van der Waals surface area (Å²) in [7, 11) is 0. The van der Waals surface area contributed by atoms with Crippen LogP contribution in [0.2, 0.25) is 0 Å². The van der Waals surface area contributed by atoms with Crippen molar-refractivity contribution in [3.63, 3.8) is 0 Å². The van der Waals surface area contributed by atoms with E-state index in [-0.39, 0.29) is 0 Å². The Balaban J connectivity index is 0.000000210. The Labute approximate surface area is 230 Å². The molecule has 1 aromatic heterocycles. The van der Waals surface area contributed by atoms with Gasteiger partial charge < -0.3 is 0 Å². The van der Waals surface area contributed by atoms with E-state index in [1.54, 1.807) is 0 Å². The van der Waals surface area contributed by atoms with Crippen LogP contribution in [-0.2, 0) is 38.9 Å². The molecule has 0 bridgehead atoms. The first-order chi connectivity index (χ1) is 15.0. The maximum atomic E-state index is 4.60. The second-order valence-corrected chi connectivity index (χ2v) is 12.8. The minimum absolute atomic E-state index is 0.821. The van der Waals surface area contributed by atoms with Crippen LogP contribution in [-0.4, -0.2) is 16.1 Å². The molecule has 0 unspecified atom stereocenters. The van der Waals surface area contributed by atoms with Crippen LogP contribution in [0.15, 0.2) is 89.4 Å². The molecule has 0 spiro atoms. The summed E-state index contributed by atoms with van der Waals surface area (Å²) < 4.78 is 6.29. The molecule has 0 aliphatic heterocycles. The quantitative estimate of drug-likeness (QED) is 0.170. The van der Waals surface area contributed by atoms with Crippen LogP contribution in [0.25, 0.3) is 0 Å². The summed E-state index contributed by atoms with van der Waals surface area (Å²) in [6.07, 6.45) is 0.832. The molecule has 0 aliphatic carbocycles. The molecule has 164 valence electrons. The van der Waals surface area contributed by atoms with E-state index in [9.17, 15) is 0 Å². The van der Waals surface area contributed by atoms with Gasteiger partial charge in [-0.25, -0.2) is 0 Å². The fourth-order valence-electron chi connectivity index (χ4n) is 2.85. The first-order valence-electron chi connectivity index (χ1n) is 9.52. The molecule has 1 heterocycles. The summed E-state index contributed by atoms with van der Waals surface area (Å²) in [5.74, 6) is 0.997. The third-order valence-electron chi connectivity index (χ3n) is 4.30. The van der Waals surface area contributed by atoms with Crippen molar-refractivity contribution in [3.8, 4) is 0 Å². The SMILES string of the molecule is Brc1ccc(CN(I)I)cc1.[Pt]=[c]1nc(Cc2ccccc2)[nH]n1Cc1ccccc1. The van der Waals surface area contributed by atoms with Gasteiger partial charge in [-0.2, -0.15) is 1.33 Å². The number of rotatable bonds is 6. The maximum absolute atomic E-state index is 4.60. The molecule has 8 heteroatoms. The van der Waals surface area contributed by atoms with Gasteiger partial charge in [0, 0.05) is 56.7 Å². The van der Waals surface area contributed by atoms with Crippen LogP contribution >= 0.6 is 61.7 Å². The van der Waals surface area contributed by atoms with Gasteiger partial charge in [0.25, 0.3) is 0 Å². The average Bonchev–Trinajstić information content (AvgIpc) is 3.10. The fourth-order valence-corrected chi connectivity index (χ4v) is 4.51. The summed E-state index contributed by atoms with van der Waals surface area (Å²) in [6.45, 7) is 1.80. The van der Waals surface area contributed by atoms with Crippen LogP contribution < -0.4 is 0 Å². The van der Waals surface area contributed by atoms with Crippen LogP contribution in [0.5, 0.6) is 0 Å². The van der Waals surface area contributed by atoms with Gasteiger partial charge in [-0.05, 0) is 17.7 Å². The minimum atomic E-state index is 0.821. The number of hydrogen-bond donors (Lipinski definition) is 1. The molecule has 0 radical (unpaired) electrons. The van der Waals surface area contributed by atoms with Gasteiger partial charge in [0.2, 0.25) is 0 Å². The third-order valence-corrected chi connectivity index (χ3v) is 6.38. The molecule has 4 aromatic rings. The molecular weight excluding hydrogens is 861 g/mol. The first-order valence-corrected chi connectivity index (χ1v) is 13.4. The van der Waals surface area contributed by atoms with E-state index in [0.29, 0.717) is 0 Å². The number of hydrogen-bond acceptors (Lipinski definition) is 2. The number of benzene rings is 3. The van der Waals surface area contributed by atoms with Gasteiger partial charge in [0.1, 0.15) is 0 Å². The van der Waals surface area contributed by atoms with E-state index in [2.05, 4.69) is 170 Å². The normalized spacial score (nSPS) is 10.6. The van der Waals surface area contributed by atoms with E-state index in [4.69, 9.17) is 0 Å². The van der Waals surface area contributed by atoms with Crippen molar-refractivity contribution in [2.75, 3.05) is 0 Å². The van der Waals surface area contributed by atoms with Gasteiger partial charge in [0.15, 0.2) is 0 Å². The molecular formula is C23H21BrI2N4Pt. The summed E-state index contributed by atoms with van der Waals surface area (Å²) in [5.41, 5.74) is 3.87. The molecule has 0 amide bonds. The summed E-state index contributed by atoms with van der Waals surface area (Å²) in [6, 6.07) is 29.2. The van der Waals surface area contributed by atoms with Gasteiger partial charge in [-0.1, -0.05) is 28.1 Å². The number of nitrogens with zero attached hydrogens (tertiary/aromatic N) is 3. The van der Waals surface area contributed by atoms with Crippen LogP contribution in [0.4, 0.5) is 0 Å². The zero-order valence-electron chi connectivity index (χ0n) is 16.5. The van der Waals surface area contributed by atoms with E-state index >= 15 is 0 Å². The van der Waals surface area contributed by atoms with Gasteiger partial charge >= 0.3 is 129 Å². The molecule has 0 aliphatic rings. The number of nitrogens with one attached hydrogen (secondary N) is 1. The number of halogens is 3. The van der Waals surface area contributed by atoms with E-state index in [1.807, 2.05) is 12.1 Å². The Kier molecular flexibility index (Phi) is 10.6. The summed E-state index contributed by atoms with van der Waals surface area (Å²) in [5, 5.41) is 3.38. The molecule has 3 aromatic carbocycles. The van der Waals surface area contributed by atoms with Crippen LogP contribution in [0, 0.1) is 3.80 Å². The Morgan fingerprint density at radius 3 is 2.00 bits per heavy atom. The standard InChI is InChI=1S/C16H15N3.C7H6BrI2N.Pt/c1-3-7-14(8-4-1)11-16-17-13-19(18-16)12-15-9-5-2-6-10-15;8-7-3-1-6(2-4-7)5-11(9)10;/h1-10H,11-12H2,(H,17,18);1-4H,5H2;. The van der Waals surface area contributed by atoms with Crippen molar-refractivity contribution in [1.82, 2.24) is 16.1 Å². The number of aromatic amines is 1. The predicted molar refractivity (Wildman–Crippen MR) is 142 cm³/mol. The van der Waals surface area contributed by atoms with Crippen molar-refractivity contribution < 1.29 is 19.4 Å². The van der Waals surface area contributed by atoms with Crippen LogP contribution in [0.3, 0.4) is 0 Å². The second-order valence-electron chi connectivity index (χ2n) is 6.73. The summed E-state index contributed by atoms with van der Waals surface area (Å²) in [4.78, 5) is 4.60. The first kappa shape index (κ1) is 25.0. The zero-order chi connectivity index (χ0) is 22.1. The van der Waals surface area contributed by atoms with Gasteiger partial charge in [-0.15, -0.1) is 0 Å². The fraction of sp³-hybridized carbons (Fsp3) is 0.130. The number of aromatic nitrogens is 3. The third kappa shape index (κ3) is 9.04. The Morgan fingerprint density at radius 2 is 1.42 bits per heavy atom. The van der Waals surface area contributed by atoms with Crippen molar-refractivity contribution in [2.24, 2.45) is 0 Å². The van der Waals surface area contributed by atoms with Crippen molar-refractivity contribution in [2.45, 2.75) is 19.5 Å². The van der Waals surface area contributed by atoms with Gasteiger partial charge in [0.05, 0.1) is 0 Å². The molecule has 0 atom stereocenters. The van der Waals surface area contributed by atoms with E-state index < -0.39 is 0 Å². The topological polar surface area (TPSA) is 36.9 Å².